The van der Waals surface area contributed by atoms with Gasteiger partial charge in [0.25, 0.3) is 0 Å². The Bertz CT molecular complexity index is 724. The van der Waals surface area contributed by atoms with Crippen LogP contribution in [-0.4, -0.2) is 9.38 Å². The molecule has 0 unspecified atom stereocenters. The highest BCUT2D eigenvalue weighted by molar-refractivity contribution is 5.64. The third-order valence-electron chi connectivity index (χ3n) is 3.59. The van der Waals surface area contributed by atoms with E-state index >= 15 is 0 Å². The largest absolute Gasteiger partial charge is 0.396 e. The molecule has 1 aromatic carbocycles. The fourth-order valence-corrected chi connectivity index (χ4v) is 2.40. The van der Waals surface area contributed by atoms with Crippen molar-refractivity contribution >= 4 is 11.3 Å². The number of imidazole rings is 1. The van der Waals surface area contributed by atoms with Gasteiger partial charge in [-0.1, -0.05) is 38.1 Å². The molecule has 2 heterocycles. The molecule has 3 heteroatoms. The minimum atomic E-state index is 0.569. The van der Waals surface area contributed by atoms with Crippen molar-refractivity contribution in [1.29, 1.82) is 0 Å². The van der Waals surface area contributed by atoms with E-state index in [1.807, 2.05) is 28.9 Å². The number of nitrogens with zero attached hydrogens (tertiary/aromatic N) is 2. The molecule has 0 spiro atoms. The van der Waals surface area contributed by atoms with Crippen LogP contribution in [0.25, 0.3) is 5.65 Å². The van der Waals surface area contributed by atoms with Crippen molar-refractivity contribution in [2.24, 2.45) is 0 Å². The zero-order valence-corrected chi connectivity index (χ0v) is 11.9. The second-order valence-corrected chi connectivity index (χ2v) is 5.50. The van der Waals surface area contributed by atoms with Crippen LogP contribution < -0.4 is 5.73 Å². The first kappa shape index (κ1) is 12.7. The Morgan fingerprint density at radius 3 is 2.55 bits per heavy atom. The molecule has 0 aliphatic heterocycles. The van der Waals surface area contributed by atoms with E-state index in [1.54, 1.807) is 0 Å². The number of fused-ring (bicyclic) bond motifs is 1. The Kier molecular flexibility index (Phi) is 3.18. The zero-order valence-electron chi connectivity index (χ0n) is 11.9. The molecule has 0 atom stereocenters. The first-order valence-corrected chi connectivity index (χ1v) is 6.94. The molecule has 0 bridgehead atoms. The molecule has 0 aliphatic rings. The number of anilines is 1. The Hall–Kier alpha value is -2.29. The van der Waals surface area contributed by atoms with Gasteiger partial charge in [0.2, 0.25) is 0 Å². The number of aromatic nitrogens is 2. The highest BCUT2D eigenvalue weighted by atomic mass is 15.0. The van der Waals surface area contributed by atoms with Gasteiger partial charge in [-0.3, -0.25) is 0 Å². The number of hydrogen-bond acceptors (Lipinski definition) is 2. The molecular formula is C17H19N3. The summed E-state index contributed by atoms with van der Waals surface area (Å²) in [7, 11) is 0. The van der Waals surface area contributed by atoms with Crippen LogP contribution in [0.1, 0.15) is 36.6 Å². The van der Waals surface area contributed by atoms with Crippen molar-refractivity contribution < 1.29 is 0 Å². The minimum absolute atomic E-state index is 0.569. The lowest BCUT2D eigenvalue weighted by Gasteiger charge is -2.05. The second-order valence-electron chi connectivity index (χ2n) is 5.50. The summed E-state index contributed by atoms with van der Waals surface area (Å²) in [6, 6.07) is 12.6. The maximum atomic E-state index is 5.93. The summed E-state index contributed by atoms with van der Waals surface area (Å²) in [5.74, 6) is 0.569. The van der Waals surface area contributed by atoms with E-state index in [4.69, 9.17) is 5.73 Å². The minimum Gasteiger partial charge on any atom is -0.396 e. The third kappa shape index (κ3) is 2.39. The molecule has 3 rings (SSSR count). The van der Waals surface area contributed by atoms with Gasteiger partial charge in [0.05, 0.1) is 11.4 Å². The molecule has 2 aromatic heterocycles. The number of nitrogen functional groups attached to an aromatic ring is 1. The predicted molar refractivity (Wildman–Crippen MR) is 82.9 cm³/mol. The molecule has 0 saturated carbocycles. The maximum Gasteiger partial charge on any atom is 0.160 e. The number of benzene rings is 1. The van der Waals surface area contributed by atoms with Gasteiger partial charge in [-0.2, -0.15) is 0 Å². The summed E-state index contributed by atoms with van der Waals surface area (Å²) in [6.07, 6.45) is 4.85. The van der Waals surface area contributed by atoms with Crippen molar-refractivity contribution in [3.8, 4) is 0 Å². The van der Waals surface area contributed by atoms with Gasteiger partial charge in [0, 0.05) is 18.8 Å². The van der Waals surface area contributed by atoms with E-state index in [9.17, 15) is 0 Å². The Balaban J connectivity index is 1.87. The van der Waals surface area contributed by atoms with Crippen molar-refractivity contribution in [1.82, 2.24) is 9.38 Å². The number of rotatable bonds is 3. The summed E-state index contributed by atoms with van der Waals surface area (Å²) in [5, 5.41) is 0. The summed E-state index contributed by atoms with van der Waals surface area (Å²) < 4.78 is 1.98. The lowest BCUT2D eigenvalue weighted by Crippen LogP contribution is -1.91. The van der Waals surface area contributed by atoms with Crippen LogP contribution in [0, 0.1) is 0 Å². The molecule has 102 valence electrons. The van der Waals surface area contributed by atoms with Crippen molar-refractivity contribution in [3.05, 3.63) is 65.6 Å². The van der Waals surface area contributed by atoms with Crippen LogP contribution in [0.15, 0.2) is 48.8 Å². The first-order chi connectivity index (χ1) is 9.63. The molecule has 0 radical (unpaired) electrons. The standard InChI is InChI=1S/C17H19N3/c1-12(2)14-7-5-13(6-8-14)10-15-11-20-9-3-4-16(18)17(20)19-15/h3-9,11-12H,10,18H2,1-2H3. The molecule has 20 heavy (non-hydrogen) atoms. The summed E-state index contributed by atoms with van der Waals surface area (Å²) in [6.45, 7) is 4.42. The molecule has 2 N–H and O–H groups in total. The van der Waals surface area contributed by atoms with E-state index in [2.05, 4.69) is 43.1 Å². The van der Waals surface area contributed by atoms with Gasteiger partial charge in [-0.05, 0) is 29.2 Å². The molecule has 0 amide bonds. The summed E-state index contributed by atoms with van der Waals surface area (Å²) in [4.78, 5) is 4.60. The van der Waals surface area contributed by atoms with Crippen molar-refractivity contribution in [2.45, 2.75) is 26.2 Å². The zero-order chi connectivity index (χ0) is 14.1. The average molecular weight is 265 g/mol. The summed E-state index contributed by atoms with van der Waals surface area (Å²) >= 11 is 0. The van der Waals surface area contributed by atoms with Crippen molar-refractivity contribution in [2.75, 3.05) is 5.73 Å². The van der Waals surface area contributed by atoms with Crippen LogP contribution in [0.4, 0.5) is 5.69 Å². The van der Waals surface area contributed by atoms with Crippen LogP contribution in [0.2, 0.25) is 0 Å². The molecule has 0 saturated heterocycles. The lowest BCUT2D eigenvalue weighted by atomic mass is 10.0. The lowest BCUT2D eigenvalue weighted by molar-refractivity contribution is 0.865. The van der Waals surface area contributed by atoms with Crippen molar-refractivity contribution in [3.63, 3.8) is 0 Å². The third-order valence-corrected chi connectivity index (χ3v) is 3.59. The second kappa shape index (κ2) is 5.00. The smallest absolute Gasteiger partial charge is 0.160 e. The van der Waals surface area contributed by atoms with E-state index in [0.717, 1.165) is 17.8 Å². The van der Waals surface area contributed by atoms with Gasteiger partial charge in [0.1, 0.15) is 0 Å². The SMILES string of the molecule is CC(C)c1ccc(Cc2cn3cccc(N)c3n2)cc1. The quantitative estimate of drug-likeness (QED) is 0.785. The Morgan fingerprint density at radius 1 is 1.15 bits per heavy atom. The van der Waals surface area contributed by atoms with Gasteiger partial charge in [0.15, 0.2) is 5.65 Å². The Morgan fingerprint density at radius 2 is 1.90 bits per heavy atom. The first-order valence-electron chi connectivity index (χ1n) is 6.94. The molecule has 3 aromatic rings. The molecule has 0 aliphatic carbocycles. The Labute approximate surface area is 119 Å². The van der Waals surface area contributed by atoms with Crippen LogP contribution in [0.3, 0.4) is 0 Å². The number of hydrogen-bond donors (Lipinski definition) is 1. The summed E-state index contributed by atoms with van der Waals surface area (Å²) in [5.41, 5.74) is 11.2. The van der Waals surface area contributed by atoms with E-state index in [1.165, 1.54) is 11.1 Å². The number of pyridine rings is 1. The highest BCUT2D eigenvalue weighted by Crippen LogP contribution is 2.18. The van der Waals surface area contributed by atoms with Crippen LogP contribution in [-0.2, 0) is 6.42 Å². The number of nitrogens with two attached hydrogens (primary N) is 1. The van der Waals surface area contributed by atoms with Gasteiger partial charge in [-0.25, -0.2) is 4.98 Å². The molecule has 3 nitrogen and oxygen atoms in total. The van der Waals surface area contributed by atoms with Gasteiger partial charge in [-0.15, -0.1) is 0 Å². The molecular weight excluding hydrogens is 246 g/mol. The normalized spacial score (nSPS) is 11.3. The highest BCUT2D eigenvalue weighted by Gasteiger charge is 2.05. The van der Waals surface area contributed by atoms with Crippen LogP contribution >= 0.6 is 0 Å². The predicted octanol–water partition coefficient (Wildman–Crippen LogP) is 3.63. The van der Waals surface area contributed by atoms with Crippen LogP contribution in [0.5, 0.6) is 0 Å². The fraction of sp³-hybridized carbons (Fsp3) is 0.235. The van der Waals surface area contributed by atoms with E-state index < -0.39 is 0 Å². The van der Waals surface area contributed by atoms with Gasteiger partial charge >= 0.3 is 0 Å². The molecule has 0 fully saturated rings. The van der Waals surface area contributed by atoms with Gasteiger partial charge < -0.3 is 10.1 Å². The average Bonchev–Trinajstić information content (AvgIpc) is 2.83. The van der Waals surface area contributed by atoms with E-state index in [0.29, 0.717) is 11.6 Å². The maximum absolute atomic E-state index is 5.93. The topological polar surface area (TPSA) is 43.3 Å². The monoisotopic (exact) mass is 265 g/mol. The van der Waals surface area contributed by atoms with E-state index in [-0.39, 0.29) is 0 Å². The fourth-order valence-electron chi connectivity index (χ4n) is 2.40.